The molecule has 4 rings (SSSR count). The predicted octanol–water partition coefficient (Wildman–Crippen LogP) is -1.30. The van der Waals surface area contributed by atoms with Gasteiger partial charge in [-0.1, -0.05) is 0 Å². The van der Waals surface area contributed by atoms with Gasteiger partial charge in [-0.2, -0.15) is 0 Å². The highest BCUT2D eigenvalue weighted by atomic mass is 16.5. The van der Waals surface area contributed by atoms with Gasteiger partial charge in [-0.15, -0.1) is 0 Å². The summed E-state index contributed by atoms with van der Waals surface area (Å²) in [6, 6.07) is -1.66. The molecule has 1 amide bonds. The lowest BCUT2D eigenvalue weighted by molar-refractivity contribution is -0.196. The number of nitrogens with zero attached hydrogens (tertiary/aromatic N) is 5. The summed E-state index contributed by atoms with van der Waals surface area (Å²) >= 11 is 0. The molecule has 0 aliphatic carbocycles. The lowest BCUT2D eigenvalue weighted by atomic mass is 9.75. The number of likely N-dealkylation sites (tertiary alicyclic amines) is 1. The normalized spacial score (nSPS) is 25.2. The van der Waals surface area contributed by atoms with Crippen molar-refractivity contribution in [3.8, 4) is 0 Å². The second kappa shape index (κ2) is 8.88. The molecule has 2 saturated heterocycles. The number of hydrogen-bond acceptors (Lipinski definition) is 8. The Morgan fingerprint density at radius 3 is 2.51 bits per heavy atom. The Hall–Kier alpha value is -3.03. The van der Waals surface area contributed by atoms with Crippen molar-refractivity contribution in [2.75, 3.05) is 19.7 Å². The highest BCUT2D eigenvalue weighted by molar-refractivity contribution is 5.78. The van der Waals surface area contributed by atoms with E-state index >= 15 is 0 Å². The SMILES string of the molecule is Cn1c(=O)c2c(ncn2[C@@H]2COC3(CCN(C(=O)CC[C@H](N)C(=O)O)CC3)C[C@@]2(C)O)n(C)c1=O. The van der Waals surface area contributed by atoms with E-state index < -0.39 is 40.5 Å². The van der Waals surface area contributed by atoms with Gasteiger partial charge in [0.15, 0.2) is 11.2 Å². The Morgan fingerprint density at radius 1 is 1.26 bits per heavy atom. The van der Waals surface area contributed by atoms with Crippen LogP contribution in [0.5, 0.6) is 0 Å². The van der Waals surface area contributed by atoms with Crippen molar-refractivity contribution in [2.45, 2.75) is 62.3 Å². The molecule has 3 atom stereocenters. The monoisotopic (exact) mass is 492 g/mol. The van der Waals surface area contributed by atoms with Gasteiger partial charge < -0.3 is 30.2 Å². The number of ether oxygens (including phenoxy) is 1. The fourth-order valence-electron chi connectivity index (χ4n) is 5.28. The molecular weight excluding hydrogens is 460 g/mol. The first-order valence-corrected chi connectivity index (χ1v) is 11.6. The van der Waals surface area contributed by atoms with Crippen LogP contribution in [0.15, 0.2) is 15.9 Å². The molecule has 0 saturated carbocycles. The number of imidazole rings is 1. The van der Waals surface area contributed by atoms with Crippen LogP contribution in [0.1, 0.15) is 45.1 Å². The molecule has 2 aromatic rings. The second-order valence-corrected chi connectivity index (χ2v) is 9.94. The maximum Gasteiger partial charge on any atom is 0.332 e. The number of aliphatic carboxylic acids is 1. The molecule has 0 unspecified atom stereocenters. The Kier molecular flexibility index (Phi) is 6.36. The van der Waals surface area contributed by atoms with Gasteiger partial charge in [0.25, 0.3) is 5.56 Å². The number of aromatic nitrogens is 4. The number of carbonyl (C=O) groups excluding carboxylic acids is 1. The van der Waals surface area contributed by atoms with E-state index in [1.165, 1.54) is 25.0 Å². The van der Waals surface area contributed by atoms with Gasteiger partial charge in [0.05, 0.1) is 30.2 Å². The molecule has 0 radical (unpaired) electrons. The number of carbonyl (C=O) groups is 2. The van der Waals surface area contributed by atoms with E-state index in [4.69, 9.17) is 15.6 Å². The van der Waals surface area contributed by atoms with E-state index in [-0.39, 0.29) is 36.5 Å². The minimum atomic E-state index is -1.24. The summed E-state index contributed by atoms with van der Waals surface area (Å²) in [6.45, 7) is 2.69. The van der Waals surface area contributed by atoms with Crippen LogP contribution in [0, 0.1) is 0 Å². The molecule has 0 bridgehead atoms. The molecule has 0 aromatic carbocycles. The third-order valence-electron chi connectivity index (χ3n) is 7.47. The summed E-state index contributed by atoms with van der Waals surface area (Å²) in [5, 5.41) is 20.4. The largest absolute Gasteiger partial charge is 0.480 e. The van der Waals surface area contributed by atoms with Crippen molar-refractivity contribution in [3.63, 3.8) is 0 Å². The summed E-state index contributed by atoms with van der Waals surface area (Å²) in [6.07, 6.45) is 2.93. The first-order chi connectivity index (χ1) is 16.4. The van der Waals surface area contributed by atoms with Crippen LogP contribution in [-0.2, 0) is 28.4 Å². The van der Waals surface area contributed by atoms with E-state index in [0.29, 0.717) is 32.4 Å². The lowest BCUT2D eigenvalue weighted by Crippen LogP contribution is -2.58. The minimum absolute atomic E-state index is 0.0618. The molecule has 2 aromatic heterocycles. The number of carboxylic acids is 1. The molecular formula is C22H32N6O7. The Morgan fingerprint density at radius 2 is 1.91 bits per heavy atom. The number of fused-ring (bicyclic) bond motifs is 1. The van der Waals surface area contributed by atoms with Crippen molar-refractivity contribution >= 4 is 23.0 Å². The number of hydrogen-bond donors (Lipinski definition) is 3. The van der Waals surface area contributed by atoms with Gasteiger partial charge in [0, 0.05) is 40.0 Å². The van der Waals surface area contributed by atoms with Crippen molar-refractivity contribution < 1.29 is 24.5 Å². The molecule has 4 N–H and O–H groups in total. The lowest BCUT2D eigenvalue weighted by Gasteiger charge is -2.51. The van der Waals surface area contributed by atoms with Crippen LogP contribution in [0.4, 0.5) is 0 Å². The van der Waals surface area contributed by atoms with Gasteiger partial charge in [-0.25, -0.2) is 9.78 Å². The molecule has 35 heavy (non-hydrogen) atoms. The van der Waals surface area contributed by atoms with Crippen LogP contribution in [-0.4, -0.2) is 82.6 Å². The first kappa shape index (κ1) is 25.1. The van der Waals surface area contributed by atoms with Gasteiger partial charge in [-0.3, -0.25) is 23.5 Å². The van der Waals surface area contributed by atoms with Crippen LogP contribution in [0.25, 0.3) is 11.2 Å². The number of nitrogens with two attached hydrogens (primary N) is 1. The van der Waals surface area contributed by atoms with E-state index in [1.54, 1.807) is 16.4 Å². The average molecular weight is 493 g/mol. The van der Waals surface area contributed by atoms with Gasteiger partial charge >= 0.3 is 11.7 Å². The van der Waals surface area contributed by atoms with Crippen molar-refractivity contribution in [3.05, 3.63) is 27.2 Å². The topological polar surface area (TPSA) is 175 Å². The van der Waals surface area contributed by atoms with Crippen molar-refractivity contribution in [1.82, 2.24) is 23.6 Å². The smallest absolute Gasteiger partial charge is 0.332 e. The Labute approximate surface area is 200 Å². The highest BCUT2D eigenvalue weighted by Gasteiger charge is 2.50. The third kappa shape index (κ3) is 4.39. The first-order valence-electron chi connectivity index (χ1n) is 11.6. The Balaban J connectivity index is 1.48. The molecule has 13 heteroatoms. The minimum Gasteiger partial charge on any atom is -0.480 e. The van der Waals surface area contributed by atoms with Gasteiger partial charge in [-0.05, 0) is 26.2 Å². The van der Waals surface area contributed by atoms with Crippen LogP contribution < -0.4 is 17.0 Å². The average Bonchev–Trinajstić information content (AvgIpc) is 3.24. The molecule has 1 spiro atoms. The summed E-state index contributed by atoms with van der Waals surface area (Å²) < 4.78 is 10.2. The zero-order valence-electron chi connectivity index (χ0n) is 20.1. The van der Waals surface area contributed by atoms with Crippen LogP contribution in [0.2, 0.25) is 0 Å². The van der Waals surface area contributed by atoms with Crippen molar-refractivity contribution in [1.29, 1.82) is 0 Å². The van der Waals surface area contributed by atoms with E-state index in [2.05, 4.69) is 4.98 Å². The fourth-order valence-corrected chi connectivity index (χ4v) is 5.28. The molecule has 13 nitrogen and oxygen atoms in total. The summed E-state index contributed by atoms with van der Waals surface area (Å²) in [7, 11) is 2.94. The Bertz CT molecular complexity index is 1270. The van der Waals surface area contributed by atoms with Crippen LogP contribution in [0.3, 0.4) is 0 Å². The second-order valence-electron chi connectivity index (χ2n) is 9.94. The zero-order chi connectivity index (χ0) is 25.7. The quantitative estimate of drug-likeness (QED) is 0.458. The highest BCUT2D eigenvalue weighted by Crippen LogP contribution is 2.44. The number of carboxylic acid groups (broad SMARTS) is 1. The summed E-state index contributed by atoms with van der Waals surface area (Å²) in [4.78, 5) is 54.4. The number of amides is 1. The molecule has 2 aliphatic rings. The van der Waals surface area contributed by atoms with E-state index in [9.17, 15) is 24.3 Å². The maximum absolute atomic E-state index is 12.9. The number of piperidine rings is 1. The molecule has 192 valence electrons. The summed E-state index contributed by atoms with van der Waals surface area (Å²) in [5.74, 6) is -1.28. The molecule has 2 aliphatic heterocycles. The zero-order valence-corrected chi connectivity index (χ0v) is 20.1. The number of rotatable bonds is 5. The van der Waals surface area contributed by atoms with E-state index in [1.807, 2.05) is 0 Å². The molecule has 4 heterocycles. The van der Waals surface area contributed by atoms with Gasteiger partial charge in [0.2, 0.25) is 5.91 Å². The summed E-state index contributed by atoms with van der Waals surface area (Å²) in [5.41, 5.74) is 3.11. The van der Waals surface area contributed by atoms with E-state index in [0.717, 1.165) is 4.57 Å². The maximum atomic E-state index is 12.9. The number of aliphatic hydroxyl groups is 1. The van der Waals surface area contributed by atoms with Gasteiger partial charge in [0.1, 0.15) is 6.04 Å². The molecule has 2 fully saturated rings. The standard InChI is InChI=1S/C22H32N6O7/c1-21(34)11-22(6-8-27(9-7-22)15(29)5-4-13(23)19(31)32)35-10-14(21)28-12-24-17-16(28)18(30)26(3)20(33)25(17)2/h12-14,34H,4-11,23H2,1-3H3,(H,31,32)/t13-,14+,21+/m0/s1. The predicted molar refractivity (Wildman–Crippen MR) is 124 cm³/mol. The van der Waals surface area contributed by atoms with Crippen molar-refractivity contribution in [2.24, 2.45) is 19.8 Å². The number of aryl methyl sites for hydroxylation is 1. The fraction of sp³-hybridized carbons (Fsp3) is 0.682. The van der Waals surface area contributed by atoms with Crippen LogP contribution >= 0.6 is 0 Å². The third-order valence-corrected chi connectivity index (χ3v) is 7.47.